The maximum Gasteiger partial charge on any atom is 0.146 e. The highest BCUT2D eigenvalue weighted by Gasteiger charge is 2.55. The molecule has 0 aromatic rings. The lowest BCUT2D eigenvalue weighted by molar-refractivity contribution is -0.136. The molecule has 0 heterocycles. The molecule has 0 unspecified atom stereocenters. The van der Waals surface area contributed by atoms with Crippen molar-refractivity contribution in [3.8, 4) is 0 Å². The average molecular weight is 403 g/mol. The molecule has 0 saturated heterocycles. The van der Waals surface area contributed by atoms with Gasteiger partial charge in [0.15, 0.2) is 0 Å². The molecule has 29 heavy (non-hydrogen) atoms. The van der Waals surface area contributed by atoms with Gasteiger partial charge in [0, 0.05) is 17.9 Å². The molecule has 0 aromatic heterocycles. The summed E-state index contributed by atoms with van der Waals surface area (Å²) in [4.78, 5) is 13.8. The zero-order valence-corrected chi connectivity index (χ0v) is 19.2. The third kappa shape index (κ3) is 4.14. The van der Waals surface area contributed by atoms with Gasteiger partial charge >= 0.3 is 0 Å². The third-order valence-corrected chi connectivity index (χ3v) is 8.69. The molecule has 0 spiro atoms. The van der Waals surface area contributed by atoms with E-state index in [4.69, 9.17) is 0 Å². The van der Waals surface area contributed by atoms with Gasteiger partial charge in [-0.15, -0.1) is 0 Å². The summed E-state index contributed by atoms with van der Waals surface area (Å²) in [6, 6.07) is 0. The van der Waals surface area contributed by atoms with Crippen molar-refractivity contribution in [1.82, 2.24) is 0 Å². The summed E-state index contributed by atoms with van der Waals surface area (Å²) >= 11 is 0. The molecule has 0 amide bonds. The average Bonchev–Trinajstić information content (AvgIpc) is 2.99. The molecule has 0 aromatic carbocycles. The Kier molecular flexibility index (Phi) is 6.80. The molecule has 3 nitrogen and oxygen atoms in total. The standard InChI is InChI=1S/C26H42O3/c1-17(2)6-7-18(3)22-10-11-23(26(22,5)14-15-27)21-9-8-19-16-20(28)12-13-25(19,4)24(21)29/h6-8,17-18,20-23,27-28H,9-16H2,1-5H3/b7-6+/t18-,20+,21+,22-,23+,25+,26-/m1/s1. The van der Waals surface area contributed by atoms with Crippen LogP contribution in [0.2, 0.25) is 0 Å². The molecule has 2 fully saturated rings. The fourth-order valence-electron chi connectivity index (χ4n) is 6.88. The number of fused-ring (bicyclic) bond motifs is 1. The Balaban J connectivity index is 1.87. The maximum absolute atomic E-state index is 13.8. The third-order valence-electron chi connectivity index (χ3n) is 8.69. The van der Waals surface area contributed by atoms with Crippen molar-refractivity contribution in [3.63, 3.8) is 0 Å². The van der Waals surface area contributed by atoms with E-state index in [1.54, 1.807) is 0 Å². The van der Waals surface area contributed by atoms with Crippen LogP contribution in [0.1, 0.15) is 79.6 Å². The zero-order chi connectivity index (χ0) is 21.4. The van der Waals surface area contributed by atoms with Crippen molar-refractivity contribution in [3.05, 3.63) is 23.8 Å². The number of hydrogen-bond donors (Lipinski definition) is 2. The van der Waals surface area contributed by atoms with E-state index in [0.717, 1.165) is 38.5 Å². The molecule has 3 aliphatic rings. The number of rotatable bonds is 6. The predicted octanol–water partition coefficient (Wildman–Crippen LogP) is 5.32. The highest BCUT2D eigenvalue weighted by atomic mass is 16.3. The molecule has 2 N–H and O–H groups in total. The van der Waals surface area contributed by atoms with Crippen LogP contribution in [0.4, 0.5) is 0 Å². The number of aliphatic hydroxyl groups excluding tert-OH is 2. The van der Waals surface area contributed by atoms with Crippen molar-refractivity contribution in [2.24, 2.45) is 40.4 Å². The second-order valence-electron chi connectivity index (χ2n) is 10.9. The van der Waals surface area contributed by atoms with Crippen molar-refractivity contribution in [2.75, 3.05) is 6.61 Å². The summed E-state index contributed by atoms with van der Waals surface area (Å²) in [5, 5.41) is 20.0. The van der Waals surface area contributed by atoms with Crippen molar-refractivity contribution < 1.29 is 15.0 Å². The fraction of sp³-hybridized carbons (Fsp3) is 0.808. The van der Waals surface area contributed by atoms with Gasteiger partial charge in [0.05, 0.1) is 6.10 Å². The van der Waals surface area contributed by atoms with Crippen LogP contribution in [0.15, 0.2) is 23.8 Å². The minimum atomic E-state index is -0.385. The Hall–Kier alpha value is -0.930. The van der Waals surface area contributed by atoms with Gasteiger partial charge in [0.25, 0.3) is 0 Å². The van der Waals surface area contributed by atoms with Gasteiger partial charge in [-0.25, -0.2) is 0 Å². The smallest absolute Gasteiger partial charge is 0.146 e. The molecular weight excluding hydrogens is 360 g/mol. The number of aliphatic hydroxyl groups is 2. The molecule has 0 bridgehead atoms. The lowest BCUT2D eigenvalue weighted by Gasteiger charge is -2.47. The number of carbonyl (C=O) groups is 1. The van der Waals surface area contributed by atoms with Crippen LogP contribution in [0.5, 0.6) is 0 Å². The molecule has 0 radical (unpaired) electrons. The van der Waals surface area contributed by atoms with Crippen LogP contribution in [0.25, 0.3) is 0 Å². The van der Waals surface area contributed by atoms with Crippen LogP contribution in [0.3, 0.4) is 0 Å². The van der Waals surface area contributed by atoms with Gasteiger partial charge < -0.3 is 10.2 Å². The summed E-state index contributed by atoms with van der Waals surface area (Å²) in [6.07, 6.45) is 12.6. The largest absolute Gasteiger partial charge is 0.396 e. The molecule has 2 saturated carbocycles. The Labute approximate surface area is 177 Å². The van der Waals surface area contributed by atoms with Crippen LogP contribution in [-0.4, -0.2) is 28.7 Å². The molecule has 3 rings (SSSR count). The summed E-state index contributed by atoms with van der Waals surface area (Å²) in [7, 11) is 0. The van der Waals surface area contributed by atoms with Crippen LogP contribution in [0, 0.1) is 40.4 Å². The van der Waals surface area contributed by atoms with E-state index in [-0.39, 0.29) is 29.5 Å². The van der Waals surface area contributed by atoms with Gasteiger partial charge in [0.1, 0.15) is 5.78 Å². The number of carbonyl (C=O) groups excluding carboxylic acids is 1. The summed E-state index contributed by atoms with van der Waals surface area (Å²) in [5.74, 6) is 2.31. The van der Waals surface area contributed by atoms with Crippen molar-refractivity contribution in [1.29, 1.82) is 0 Å². The first kappa shape index (κ1) is 22.7. The number of hydrogen-bond acceptors (Lipinski definition) is 3. The molecule has 164 valence electrons. The van der Waals surface area contributed by atoms with Gasteiger partial charge in [0.2, 0.25) is 0 Å². The Morgan fingerprint density at radius 1 is 1.17 bits per heavy atom. The minimum absolute atomic E-state index is 0.00824. The Morgan fingerprint density at radius 2 is 1.90 bits per heavy atom. The SMILES string of the molecule is CC(C)/C=C/[C@@H](C)[C@H]1CC[C@@H]([C@@H]2CC=C3C[C@@H](O)CC[C@]3(C)C2=O)[C@]1(C)CCO. The first-order chi connectivity index (χ1) is 13.6. The second kappa shape index (κ2) is 8.67. The minimum Gasteiger partial charge on any atom is -0.396 e. The van der Waals surface area contributed by atoms with Crippen molar-refractivity contribution >= 4 is 5.78 Å². The molecule has 3 heteroatoms. The Morgan fingerprint density at radius 3 is 2.55 bits per heavy atom. The first-order valence-electron chi connectivity index (χ1n) is 11.8. The van der Waals surface area contributed by atoms with Crippen molar-refractivity contribution in [2.45, 2.75) is 85.7 Å². The molecular formula is C26H42O3. The fourth-order valence-corrected chi connectivity index (χ4v) is 6.88. The zero-order valence-electron chi connectivity index (χ0n) is 19.2. The lowest BCUT2D eigenvalue weighted by Crippen LogP contribution is -2.47. The molecule has 7 atom stereocenters. The number of allylic oxidation sites excluding steroid dienone is 3. The molecule has 3 aliphatic carbocycles. The van der Waals surface area contributed by atoms with Crippen LogP contribution < -0.4 is 0 Å². The monoisotopic (exact) mass is 402 g/mol. The second-order valence-corrected chi connectivity index (χ2v) is 10.9. The summed E-state index contributed by atoms with van der Waals surface area (Å²) < 4.78 is 0. The summed E-state index contributed by atoms with van der Waals surface area (Å²) in [6.45, 7) is 11.4. The number of Topliss-reactive ketones (excluding diaryl/α,β-unsaturated/α-hetero) is 1. The quantitative estimate of drug-likeness (QED) is 0.592. The van der Waals surface area contributed by atoms with E-state index < -0.39 is 0 Å². The Bertz CT molecular complexity index is 663. The van der Waals surface area contributed by atoms with E-state index in [0.29, 0.717) is 35.9 Å². The predicted molar refractivity (Wildman–Crippen MR) is 118 cm³/mol. The summed E-state index contributed by atoms with van der Waals surface area (Å²) in [5.41, 5.74) is 0.777. The molecule has 0 aliphatic heterocycles. The van der Waals surface area contributed by atoms with E-state index in [9.17, 15) is 15.0 Å². The van der Waals surface area contributed by atoms with Gasteiger partial charge in [-0.05, 0) is 81.0 Å². The van der Waals surface area contributed by atoms with E-state index >= 15 is 0 Å². The normalized spacial score (nSPS) is 41.7. The highest BCUT2D eigenvalue weighted by Crippen LogP contribution is 2.59. The number of ketones is 1. The topological polar surface area (TPSA) is 57.5 Å². The van der Waals surface area contributed by atoms with E-state index in [1.807, 2.05) is 0 Å². The van der Waals surface area contributed by atoms with Crippen LogP contribution in [-0.2, 0) is 4.79 Å². The highest BCUT2D eigenvalue weighted by molar-refractivity contribution is 5.91. The van der Waals surface area contributed by atoms with E-state index in [2.05, 4.69) is 52.8 Å². The van der Waals surface area contributed by atoms with Gasteiger partial charge in [-0.3, -0.25) is 4.79 Å². The first-order valence-corrected chi connectivity index (χ1v) is 11.8. The van der Waals surface area contributed by atoms with Gasteiger partial charge in [-0.1, -0.05) is 51.5 Å². The van der Waals surface area contributed by atoms with Gasteiger partial charge in [-0.2, -0.15) is 0 Å². The maximum atomic E-state index is 13.8. The van der Waals surface area contributed by atoms with E-state index in [1.165, 1.54) is 5.57 Å². The lowest BCUT2D eigenvalue weighted by atomic mass is 9.56. The van der Waals surface area contributed by atoms with Crippen LogP contribution >= 0.6 is 0 Å².